The topological polar surface area (TPSA) is 72.7 Å². The average molecular weight is 410 g/mol. The Kier molecular flexibility index (Phi) is 5.64. The number of amides is 1. The molecule has 0 bridgehead atoms. The number of rotatable bonds is 5. The summed E-state index contributed by atoms with van der Waals surface area (Å²) in [5.41, 5.74) is 0.236. The molecule has 0 fully saturated rings. The van der Waals surface area contributed by atoms with Crippen molar-refractivity contribution in [1.29, 1.82) is 0 Å². The van der Waals surface area contributed by atoms with Crippen LogP contribution in [0.25, 0.3) is 5.82 Å². The molecule has 146 valence electrons. The van der Waals surface area contributed by atoms with E-state index in [0.29, 0.717) is 11.1 Å². The van der Waals surface area contributed by atoms with E-state index in [1.807, 2.05) is 31.2 Å². The van der Waals surface area contributed by atoms with Gasteiger partial charge in [0.2, 0.25) is 0 Å². The molecule has 0 aliphatic rings. The predicted molar refractivity (Wildman–Crippen MR) is 96.4 cm³/mol. The number of alkyl halides is 3. The van der Waals surface area contributed by atoms with E-state index >= 15 is 0 Å². The zero-order valence-electron chi connectivity index (χ0n) is 14.7. The number of carbonyl (C=O) groups excluding carboxylic acids is 1. The van der Waals surface area contributed by atoms with Crippen LogP contribution >= 0.6 is 11.6 Å². The van der Waals surface area contributed by atoms with Crippen LogP contribution in [-0.4, -0.2) is 32.4 Å². The largest absolute Gasteiger partial charge is 0.434 e. The van der Waals surface area contributed by atoms with Crippen molar-refractivity contribution < 1.29 is 18.0 Å². The molecule has 2 aromatic heterocycles. The van der Waals surface area contributed by atoms with Crippen molar-refractivity contribution >= 4 is 17.5 Å². The predicted octanol–water partition coefficient (Wildman–Crippen LogP) is 3.62. The molecule has 3 aromatic rings. The minimum absolute atomic E-state index is 0.0265. The van der Waals surface area contributed by atoms with E-state index in [1.165, 1.54) is 12.1 Å². The quantitative estimate of drug-likeness (QED) is 0.698. The average Bonchev–Trinajstić information content (AvgIpc) is 3.09. The first-order valence-electron chi connectivity index (χ1n) is 8.25. The first-order chi connectivity index (χ1) is 13.3. The van der Waals surface area contributed by atoms with Crippen LogP contribution < -0.4 is 5.32 Å². The van der Waals surface area contributed by atoms with E-state index in [1.54, 1.807) is 0 Å². The third-order valence-corrected chi connectivity index (χ3v) is 4.26. The summed E-state index contributed by atoms with van der Waals surface area (Å²) in [5, 5.41) is 13.3. The number of aromatic nitrogens is 4. The molecule has 0 aliphatic heterocycles. The summed E-state index contributed by atoms with van der Waals surface area (Å²) >= 11 is 5.61. The zero-order chi connectivity index (χ0) is 20.3. The third-order valence-electron chi connectivity index (χ3n) is 4.06. The molecule has 28 heavy (non-hydrogen) atoms. The van der Waals surface area contributed by atoms with Gasteiger partial charge in [0, 0.05) is 6.54 Å². The Bertz CT molecular complexity index is 986. The maximum Gasteiger partial charge on any atom is 0.434 e. The summed E-state index contributed by atoms with van der Waals surface area (Å²) in [6.45, 7) is 2.11. The van der Waals surface area contributed by atoms with Crippen LogP contribution in [0, 0.1) is 6.92 Å². The highest BCUT2D eigenvalue weighted by molar-refractivity contribution is 6.29. The standard InChI is InChI=1S/C18H15ClF3N5O/c1-11-4-2-3-5-12(11)8-9-23-17(28)13-10-24-27(16(13)18(20,21)22)15-7-6-14(19)25-26-15/h2-7,10H,8-9H2,1H3,(H,23,28). The van der Waals surface area contributed by atoms with Crippen molar-refractivity contribution in [3.8, 4) is 5.82 Å². The van der Waals surface area contributed by atoms with Crippen LogP contribution in [0.3, 0.4) is 0 Å². The van der Waals surface area contributed by atoms with Gasteiger partial charge in [0.25, 0.3) is 5.91 Å². The Balaban J connectivity index is 1.82. The summed E-state index contributed by atoms with van der Waals surface area (Å²) in [6, 6.07) is 10.1. The monoisotopic (exact) mass is 409 g/mol. The molecule has 1 aromatic carbocycles. The lowest BCUT2D eigenvalue weighted by Crippen LogP contribution is -2.28. The highest BCUT2D eigenvalue weighted by Crippen LogP contribution is 2.33. The molecule has 2 heterocycles. The van der Waals surface area contributed by atoms with Crippen molar-refractivity contribution in [2.24, 2.45) is 0 Å². The van der Waals surface area contributed by atoms with Crippen LogP contribution in [0.5, 0.6) is 0 Å². The summed E-state index contributed by atoms with van der Waals surface area (Å²) in [4.78, 5) is 12.4. The molecule has 0 atom stereocenters. The SMILES string of the molecule is Cc1ccccc1CCNC(=O)c1cnn(-c2ccc(Cl)nn2)c1C(F)(F)F. The van der Waals surface area contributed by atoms with Gasteiger partial charge in [0.15, 0.2) is 16.7 Å². The smallest absolute Gasteiger partial charge is 0.352 e. The minimum atomic E-state index is -4.82. The minimum Gasteiger partial charge on any atom is -0.352 e. The second-order valence-corrected chi connectivity index (χ2v) is 6.35. The van der Waals surface area contributed by atoms with Crippen molar-refractivity contribution in [2.75, 3.05) is 6.54 Å². The molecule has 10 heteroatoms. The molecule has 0 aliphatic carbocycles. The number of hydrogen-bond donors (Lipinski definition) is 1. The van der Waals surface area contributed by atoms with E-state index in [0.717, 1.165) is 17.3 Å². The highest BCUT2D eigenvalue weighted by atomic mass is 35.5. The molecular weight excluding hydrogens is 395 g/mol. The summed E-state index contributed by atoms with van der Waals surface area (Å²) in [7, 11) is 0. The fraction of sp³-hybridized carbons (Fsp3) is 0.222. The second kappa shape index (κ2) is 7.97. The molecule has 0 unspecified atom stereocenters. The molecule has 0 saturated heterocycles. The molecule has 1 amide bonds. The molecule has 0 radical (unpaired) electrons. The number of benzene rings is 1. The Morgan fingerprint density at radius 3 is 2.57 bits per heavy atom. The van der Waals surface area contributed by atoms with Crippen LogP contribution in [0.4, 0.5) is 13.2 Å². The summed E-state index contributed by atoms with van der Waals surface area (Å²) in [5.74, 6) is -1.07. The molecule has 0 spiro atoms. The number of aryl methyl sites for hydroxylation is 1. The van der Waals surface area contributed by atoms with E-state index in [2.05, 4.69) is 20.6 Å². The lowest BCUT2D eigenvalue weighted by Gasteiger charge is -2.12. The van der Waals surface area contributed by atoms with Gasteiger partial charge in [0.1, 0.15) is 0 Å². The van der Waals surface area contributed by atoms with Crippen molar-refractivity contribution in [3.63, 3.8) is 0 Å². The molecule has 6 nitrogen and oxygen atoms in total. The number of nitrogens with one attached hydrogen (secondary N) is 1. The van der Waals surface area contributed by atoms with Gasteiger partial charge in [-0.2, -0.15) is 18.3 Å². The van der Waals surface area contributed by atoms with E-state index in [9.17, 15) is 18.0 Å². The molecule has 1 N–H and O–H groups in total. The summed E-state index contributed by atoms with van der Waals surface area (Å²) in [6.07, 6.45) is -3.46. The lowest BCUT2D eigenvalue weighted by molar-refractivity contribution is -0.143. The number of halogens is 4. The first kappa shape index (κ1) is 19.8. The van der Waals surface area contributed by atoms with Gasteiger partial charge < -0.3 is 5.32 Å². The summed E-state index contributed by atoms with van der Waals surface area (Å²) < 4.78 is 41.3. The van der Waals surface area contributed by atoms with Gasteiger partial charge >= 0.3 is 6.18 Å². The molecule has 0 saturated carbocycles. The van der Waals surface area contributed by atoms with Gasteiger partial charge in [-0.05, 0) is 36.6 Å². The van der Waals surface area contributed by atoms with Gasteiger partial charge in [-0.3, -0.25) is 4.79 Å². The Morgan fingerprint density at radius 1 is 1.18 bits per heavy atom. The van der Waals surface area contributed by atoms with E-state index in [-0.39, 0.29) is 17.5 Å². The van der Waals surface area contributed by atoms with Crippen LogP contribution in [0.1, 0.15) is 27.2 Å². The highest BCUT2D eigenvalue weighted by Gasteiger charge is 2.40. The van der Waals surface area contributed by atoms with Crippen molar-refractivity contribution in [2.45, 2.75) is 19.5 Å². The fourth-order valence-corrected chi connectivity index (χ4v) is 2.78. The van der Waals surface area contributed by atoms with Crippen LogP contribution in [0.15, 0.2) is 42.6 Å². The molecule has 3 rings (SSSR count). The Morgan fingerprint density at radius 2 is 1.93 bits per heavy atom. The molecular formula is C18H15ClF3N5O. The van der Waals surface area contributed by atoms with Crippen molar-refractivity contribution in [3.05, 3.63) is 70.1 Å². The van der Waals surface area contributed by atoms with Crippen LogP contribution in [0.2, 0.25) is 5.15 Å². The van der Waals surface area contributed by atoms with Gasteiger partial charge in [-0.15, -0.1) is 10.2 Å². The van der Waals surface area contributed by atoms with Crippen molar-refractivity contribution in [1.82, 2.24) is 25.3 Å². The Labute approximate surface area is 163 Å². The van der Waals surface area contributed by atoms with Gasteiger partial charge in [-0.25, -0.2) is 4.68 Å². The third kappa shape index (κ3) is 4.30. The van der Waals surface area contributed by atoms with E-state index in [4.69, 9.17) is 11.6 Å². The lowest BCUT2D eigenvalue weighted by atomic mass is 10.1. The Hall–Kier alpha value is -2.94. The zero-order valence-corrected chi connectivity index (χ0v) is 15.4. The number of hydrogen-bond acceptors (Lipinski definition) is 4. The maximum absolute atomic E-state index is 13.6. The van der Waals surface area contributed by atoms with Gasteiger partial charge in [-0.1, -0.05) is 35.9 Å². The number of nitrogens with zero attached hydrogens (tertiary/aromatic N) is 4. The number of carbonyl (C=O) groups is 1. The maximum atomic E-state index is 13.6. The van der Waals surface area contributed by atoms with E-state index < -0.39 is 23.3 Å². The fourth-order valence-electron chi connectivity index (χ4n) is 2.68. The second-order valence-electron chi connectivity index (χ2n) is 5.96. The van der Waals surface area contributed by atoms with Gasteiger partial charge in [0.05, 0.1) is 11.8 Å². The normalized spacial score (nSPS) is 11.5. The van der Waals surface area contributed by atoms with Crippen LogP contribution in [-0.2, 0) is 12.6 Å². The first-order valence-corrected chi connectivity index (χ1v) is 8.62.